The lowest BCUT2D eigenvalue weighted by Crippen LogP contribution is -2.22. The van der Waals surface area contributed by atoms with E-state index in [2.05, 4.69) is 5.32 Å². The van der Waals surface area contributed by atoms with Gasteiger partial charge in [0, 0.05) is 18.0 Å². The third-order valence-electron chi connectivity index (χ3n) is 2.66. The molecule has 0 fully saturated rings. The Labute approximate surface area is 106 Å². The molecular formula is C13H18N2O3. The summed E-state index contributed by atoms with van der Waals surface area (Å²) in [6, 6.07) is 7.05. The first-order chi connectivity index (χ1) is 8.52. The van der Waals surface area contributed by atoms with Gasteiger partial charge < -0.3 is 15.8 Å². The Bertz CT molecular complexity index is 415. The normalized spacial score (nSPS) is 11.7. The number of nitrogens with two attached hydrogens (primary N) is 1. The summed E-state index contributed by atoms with van der Waals surface area (Å²) in [6.07, 6.45) is 0.730. The Morgan fingerprint density at radius 1 is 1.33 bits per heavy atom. The zero-order valence-electron chi connectivity index (χ0n) is 10.6. The molecule has 0 heterocycles. The van der Waals surface area contributed by atoms with E-state index in [0.29, 0.717) is 12.1 Å². The molecule has 2 amide bonds. The summed E-state index contributed by atoms with van der Waals surface area (Å²) in [5.74, 6) is -0.0671. The van der Waals surface area contributed by atoms with Gasteiger partial charge >= 0.3 is 0 Å². The number of methoxy groups -OCH3 is 1. The van der Waals surface area contributed by atoms with Gasteiger partial charge in [0.2, 0.25) is 11.8 Å². The van der Waals surface area contributed by atoms with Crippen LogP contribution in [0.3, 0.4) is 0 Å². The van der Waals surface area contributed by atoms with E-state index < -0.39 is 0 Å². The lowest BCUT2D eigenvalue weighted by atomic mass is 10.1. The number of nitrogens with one attached hydrogen (secondary N) is 1. The van der Waals surface area contributed by atoms with Crippen molar-refractivity contribution in [1.29, 1.82) is 0 Å². The Morgan fingerprint density at radius 2 is 1.94 bits per heavy atom. The van der Waals surface area contributed by atoms with E-state index >= 15 is 0 Å². The minimum atomic E-state index is -0.382. The van der Waals surface area contributed by atoms with Crippen LogP contribution in [0.1, 0.15) is 19.8 Å². The van der Waals surface area contributed by atoms with Crippen LogP contribution in [-0.4, -0.2) is 18.9 Å². The maximum absolute atomic E-state index is 11.6. The first kappa shape index (κ1) is 14.0. The van der Waals surface area contributed by atoms with Crippen molar-refractivity contribution in [3.8, 4) is 5.75 Å². The third kappa shape index (κ3) is 4.45. The van der Waals surface area contributed by atoms with Crippen LogP contribution in [0.15, 0.2) is 24.3 Å². The van der Waals surface area contributed by atoms with Gasteiger partial charge in [-0.25, -0.2) is 0 Å². The van der Waals surface area contributed by atoms with Crippen LogP contribution in [0.25, 0.3) is 0 Å². The summed E-state index contributed by atoms with van der Waals surface area (Å²) in [4.78, 5) is 22.4. The van der Waals surface area contributed by atoms with Gasteiger partial charge in [0.05, 0.1) is 7.11 Å². The molecule has 0 saturated carbocycles. The van der Waals surface area contributed by atoms with E-state index in [1.54, 1.807) is 38.3 Å². The van der Waals surface area contributed by atoms with Gasteiger partial charge in [-0.05, 0) is 30.7 Å². The van der Waals surface area contributed by atoms with Crippen molar-refractivity contribution >= 4 is 17.5 Å². The smallest absolute Gasteiger partial charge is 0.224 e. The van der Waals surface area contributed by atoms with E-state index in [1.165, 1.54) is 0 Å². The second-order valence-electron chi connectivity index (χ2n) is 4.12. The topological polar surface area (TPSA) is 81.4 Å². The van der Waals surface area contributed by atoms with Crippen LogP contribution in [0, 0.1) is 5.92 Å². The van der Waals surface area contributed by atoms with Crippen molar-refractivity contribution in [2.45, 2.75) is 19.8 Å². The van der Waals surface area contributed by atoms with E-state index in [-0.39, 0.29) is 24.2 Å². The Kier molecular flexibility index (Phi) is 5.17. The minimum absolute atomic E-state index is 0.131. The standard InChI is InChI=1S/C13H18N2O3/c1-9(13(14)17)3-8-12(16)15-10-4-6-11(18-2)7-5-10/h4-7,9H,3,8H2,1-2H3,(H2,14,17)(H,15,16)/t9-/m0/s1. The maximum atomic E-state index is 11.6. The van der Waals surface area contributed by atoms with E-state index in [9.17, 15) is 9.59 Å². The highest BCUT2D eigenvalue weighted by atomic mass is 16.5. The van der Waals surface area contributed by atoms with Crippen molar-refractivity contribution in [3.05, 3.63) is 24.3 Å². The van der Waals surface area contributed by atoms with E-state index in [1.807, 2.05) is 0 Å². The van der Waals surface area contributed by atoms with Gasteiger partial charge in [0.1, 0.15) is 5.75 Å². The van der Waals surface area contributed by atoms with Crippen LogP contribution in [0.4, 0.5) is 5.69 Å². The Balaban J connectivity index is 2.42. The summed E-state index contributed by atoms with van der Waals surface area (Å²) in [6.45, 7) is 1.71. The van der Waals surface area contributed by atoms with Crippen LogP contribution in [0.5, 0.6) is 5.75 Å². The average Bonchev–Trinajstić information content (AvgIpc) is 2.36. The summed E-state index contributed by atoms with van der Waals surface area (Å²) in [7, 11) is 1.58. The predicted molar refractivity (Wildman–Crippen MR) is 69.2 cm³/mol. The van der Waals surface area contributed by atoms with Gasteiger partial charge in [0.15, 0.2) is 0 Å². The number of amides is 2. The molecule has 0 spiro atoms. The fourth-order valence-corrected chi connectivity index (χ4v) is 1.39. The molecule has 5 heteroatoms. The quantitative estimate of drug-likeness (QED) is 0.803. The fourth-order valence-electron chi connectivity index (χ4n) is 1.39. The minimum Gasteiger partial charge on any atom is -0.497 e. The fraction of sp³-hybridized carbons (Fsp3) is 0.385. The number of carbonyl (C=O) groups is 2. The van der Waals surface area contributed by atoms with E-state index in [0.717, 1.165) is 5.75 Å². The van der Waals surface area contributed by atoms with Crippen molar-refractivity contribution in [2.75, 3.05) is 12.4 Å². The van der Waals surface area contributed by atoms with Gasteiger partial charge in [-0.15, -0.1) is 0 Å². The molecular weight excluding hydrogens is 232 g/mol. The number of ether oxygens (including phenoxy) is 1. The SMILES string of the molecule is COc1ccc(NC(=O)CC[C@H](C)C(N)=O)cc1. The molecule has 1 rings (SSSR count). The van der Waals surface area contributed by atoms with Gasteiger partial charge in [-0.3, -0.25) is 9.59 Å². The maximum Gasteiger partial charge on any atom is 0.224 e. The Hall–Kier alpha value is -2.04. The van der Waals surface area contributed by atoms with Gasteiger partial charge in [0.25, 0.3) is 0 Å². The molecule has 0 unspecified atom stereocenters. The second-order valence-corrected chi connectivity index (χ2v) is 4.12. The molecule has 5 nitrogen and oxygen atoms in total. The summed E-state index contributed by atoms with van der Waals surface area (Å²) < 4.78 is 5.02. The molecule has 0 aliphatic carbocycles. The van der Waals surface area contributed by atoms with Gasteiger partial charge in [-0.2, -0.15) is 0 Å². The third-order valence-corrected chi connectivity index (χ3v) is 2.66. The Morgan fingerprint density at radius 3 is 2.44 bits per heavy atom. The highest BCUT2D eigenvalue weighted by molar-refractivity contribution is 5.91. The molecule has 98 valence electrons. The number of primary amides is 1. The van der Waals surface area contributed by atoms with Crippen LogP contribution in [-0.2, 0) is 9.59 Å². The summed E-state index contributed by atoms with van der Waals surface area (Å²) >= 11 is 0. The molecule has 0 saturated heterocycles. The van der Waals surface area contributed by atoms with Crippen molar-refractivity contribution in [1.82, 2.24) is 0 Å². The van der Waals surface area contributed by atoms with Crippen molar-refractivity contribution in [3.63, 3.8) is 0 Å². The molecule has 1 aromatic rings. The number of hydrogen-bond acceptors (Lipinski definition) is 3. The van der Waals surface area contributed by atoms with Crippen LogP contribution >= 0.6 is 0 Å². The first-order valence-electron chi connectivity index (χ1n) is 5.76. The second kappa shape index (κ2) is 6.64. The van der Waals surface area contributed by atoms with Crippen molar-refractivity contribution in [2.24, 2.45) is 11.7 Å². The molecule has 1 aromatic carbocycles. The van der Waals surface area contributed by atoms with Gasteiger partial charge in [-0.1, -0.05) is 6.92 Å². The summed E-state index contributed by atoms with van der Waals surface area (Å²) in [5, 5.41) is 2.74. The number of hydrogen-bond donors (Lipinski definition) is 2. The van der Waals surface area contributed by atoms with Crippen LogP contribution < -0.4 is 15.8 Å². The highest BCUT2D eigenvalue weighted by Gasteiger charge is 2.11. The first-order valence-corrected chi connectivity index (χ1v) is 5.76. The monoisotopic (exact) mass is 250 g/mol. The average molecular weight is 250 g/mol. The zero-order valence-corrected chi connectivity index (χ0v) is 10.6. The number of carbonyl (C=O) groups excluding carboxylic acids is 2. The number of rotatable bonds is 6. The number of benzene rings is 1. The van der Waals surface area contributed by atoms with Crippen LogP contribution in [0.2, 0.25) is 0 Å². The molecule has 3 N–H and O–H groups in total. The lowest BCUT2D eigenvalue weighted by Gasteiger charge is -2.08. The number of anilines is 1. The van der Waals surface area contributed by atoms with E-state index in [4.69, 9.17) is 10.5 Å². The zero-order chi connectivity index (χ0) is 13.5. The van der Waals surface area contributed by atoms with Crippen molar-refractivity contribution < 1.29 is 14.3 Å². The molecule has 0 bridgehead atoms. The molecule has 18 heavy (non-hydrogen) atoms. The lowest BCUT2D eigenvalue weighted by molar-refractivity contribution is -0.121. The molecule has 1 atom stereocenters. The molecule has 0 aliphatic rings. The molecule has 0 radical (unpaired) electrons. The summed E-state index contributed by atoms with van der Waals surface area (Å²) in [5.41, 5.74) is 5.82. The largest absolute Gasteiger partial charge is 0.497 e. The predicted octanol–water partition coefficient (Wildman–Crippen LogP) is 1.54. The highest BCUT2D eigenvalue weighted by Crippen LogP contribution is 2.15. The molecule has 0 aliphatic heterocycles. The molecule has 0 aromatic heterocycles.